The fraction of sp³-hybridized carbons (Fsp3) is 0.575. The Labute approximate surface area is 269 Å². The van der Waals surface area contributed by atoms with Gasteiger partial charge in [-0.15, -0.1) is 0 Å². The van der Waals surface area contributed by atoms with Crippen LogP contribution in [0.25, 0.3) is 10.8 Å². The zero-order chi connectivity index (χ0) is 31.7. The maximum atomic E-state index is 16.2. The third-order valence-electron chi connectivity index (χ3n) is 11.9. The van der Waals surface area contributed by atoms with Crippen LogP contribution < -0.4 is 4.90 Å². The van der Waals surface area contributed by atoms with Gasteiger partial charge in [0.05, 0.1) is 6.10 Å². The largest absolute Gasteiger partial charge is 0.508 e. The Morgan fingerprint density at radius 1 is 1.02 bits per heavy atom. The fourth-order valence-corrected chi connectivity index (χ4v) is 9.73. The minimum Gasteiger partial charge on any atom is -0.508 e. The quantitative estimate of drug-likeness (QED) is 0.212. The predicted molar refractivity (Wildman–Crippen MR) is 182 cm³/mol. The molecule has 2 N–H and O–H groups in total. The number of anilines is 1. The van der Waals surface area contributed by atoms with Crippen LogP contribution in [0.2, 0.25) is 0 Å². The van der Waals surface area contributed by atoms with E-state index in [1.54, 1.807) is 13.0 Å². The Kier molecular flexibility index (Phi) is 9.57. The maximum absolute atomic E-state index is 16.2. The van der Waals surface area contributed by atoms with Gasteiger partial charge in [0.1, 0.15) is 11.9 Å². The fourth-order valence-electron chi connectivity index (χ4n) is 9.73. The SMILES string of the molecule is CCCCCCc1c(N(CCCC[C@@H]2Cc3cc(O)ccc3[C@@H]3[C@@H]2[C@@H]2CC[C@H](O)[C@@]2(C)C[C@@H]3F)C(C)=O)ccc2ccccc12. The molecule has 0 bridgehead atoms. The topological polar surface area (TPSA) is 60.8 Å². The average molecular weight is 614 g/mol. The number of amides is 1. The van der Waals surface area contributed by atoms with E-state index in [-0.39, 0.29) is 34.8 Å². The third-order valence-corrected chi connectivity index (χ3v) is 11.9. The number of aromatic hydroxyl groups is 1. The highest BCUT2D eigenvalue weighted by Crippen LogP contribution is 2.63. The third kappa shape index (κ3) is 6.14. The lowest BCUT2D eigenvalue weighted by atomic mass is 9.51. The van der Waals surface area contributed by atoms with E-state index in [1.807, 2.05) is 17.0 Å². The Morgan fingerprint density at radius 3 is 2.64 bits per heavy atom. The van der Waals surface area contributed by atoms with Crippen LogP contribution in [-0.2, 0) is 17.6 Å². The first-order valence-electron chi connectivity index (χ1n) is 17.7. The van der Waals surface area contributed by atoms with Crippen molar-refractivity contribution in [3.63, 3.8) is 0 Å². The van der Waals surface area contributed by atoms with Gasteiger partial charge in [0.25, 0.3) is 0 Å². The second-order valence-corrected chi connectivity index (χ2v) is 14.6. The maximum Gasteiger partial charge on any atom is 0.223 e. The van der Waals surface area contributed by atoms with Crippen LogP contribution >= 0.6 is 0 Å². The van der Waals surface area contributed by atoms with Gasteiger partial charge < -0.3 is 15.1 Å². The first kappa shape index (κ1) is 32.0. The molecule has 2 saturated carbocycles. The first-order valence-corrected chi connectivity index (χ1v) is 17.7. The van der Waals surface area contributed by atoms with Crippen LogP contribution in [0.1, 0.15) is 108 Å². The average Bonchev–Trinajstić information content (AvgIpc) is 3.31. The number of aliphatic hydroxyl groups is 1. The molecule has 0 unspecified atom stereocenters. The van der Waals surface area contributed by atoms with Gasteiger partial charge >= 0.3 is 0 Å². The van der Waals surface area contributed by atoms with Crippen LogP contribution in [0, 0.1) is 23.2 Å². The molecular weight excluding hydrogens is 561 g/mol. The van der Waals surface area contributed by atoms with Crippen molar-refractivity contribution in [1.82, 2.24) is 0 Å². The number of aryl methyl sites for hydroxylation is 1. The number of phenols is 1. The lowest BCUT2D eigenvalue weighted by Crippen LogP contribution is -2.51. The number of aliphatic hydroxyl groups excluding tert-OH is 1. The van der Waals surface area contributed by atoms with Crippen molar-refractivity contribution >= 4 is 22.4 Å². The van der Waals surface area contributed by atoms with E-state index in [4.69, 9.17) is 0 Å². The molecule has 0 aliphatic heterocycles. The number of nitrogens with zero attached hydrogens (tertiary/aromatic N) is 1. The van der Waals surface area contributed by atoms with Gasteiger partial charge in [-0.1, -0.05) is 75.9 Å². The van der Waals surface area contributed by atoms with Crippen molar-refractivity contribution in [1.29, 1.82) is 0 Å². The van der Waals surface area contributed by atoms with E-state index >= 15 is 4.39 Å². The Hall–Kier alpha value is -2.92. The van der Waals surface area contributed by atoms with E-state index < -0.39 is 12.3 Å². The number of alkyl halides is 1. The smallest absolute Gasteiger partial charge is 0.223 e. The molecule has 0 heterocycles. The number of carbonyl (C=O) groups is 1. The molecule has 2 fully saturated rings. The number of hydrogen-bond donors (Lipinski definition) is 2. The summed E-state index contributed by atoms with van der Waals surface area (Å²) in [5.74, 6) is 0.925. The van der Waals surface area contributed by atoms with Gasteiger partial charge in [-0.25, -0.2) is 4.39 Å². The van der Waals surface area contributed by atoms with Gasteiger partial charge in [-0.05, 0) is 120 Å². The molecule has 3 aliphatic carbocycles. The first-order chi connectivity index (χ1) is 21.7. The molecule has 0 aromatic heterocycles. The monoisotopic (exact) mass is 613 g/mol. The van der Waals surface area contributed by atoms with Crippen molar-refractivity contribution in [2.75, 3.05) is 11.4 Å². The molecular formula is C40H52FNO3. The highest BCUT2D eigenvalue weighted by atomic mass is 19.1. The number of hydrogen-bond acceptors (Lipinski definition) is 3. The normalized spacial score (nSPS) is 28.8. The zero-order valence-electron chi connectivity index (χ0n) is 27.5. The Balaban J connectivity index is 1.21. The van der Waals surface area contributed by atoms with E-state index in [0.29, 0.717) is 18.9 Å². The van der Waals surface area contributed by atoms with Gasteiger partial charge in [0.2, 0.25) is 5.91 Å². The summed E-state index contributed by atoms with van der Waals surface area (Å²) in [7, 11) is 0. The second-order valence-electron chi connectivity index (χ2n) is 14.6. The molecule has 1 amide bonds. The Bertz CT molecular complexity index is 1500. The minimum atomic E-state index is -0.994. The van der Waals surface area contributed by atoms with Gasteiger partial charge in [0, 0.05) is 25.1 Å². The molecule has 7 atom stereocenters. The van der Waals surface area contributed by atoms with E-state index in [9.17, 15) is 15.0 Å². The van der Waals surface area contributed by atoms with E-state index in [1.165, 1.54) is 35.6 Å². The Morgan fingerprint density at radius 2 is 1.84 bits per heavy atom. The lowest BCUT2D eigenvalue weighted by Gasteiger charge is -2.54. The molecule has 4 nitrogen and oxygen atoms in total. The number of unbranched alkanes of at least 4 members (excludes halogenated alkanes) is 4. The van der Waals surface area contributed by atoms with Crippen molar-refractivity contribution in [2.24, 2.45) is 23.2 Å². The summed E-state index contributed by atoms with van der Waals surface area (Å²) in [6.07, 6.45) is 10.0. The van der Waals surface area contributed by atoms with E-state index in [0.717, 1.165) is 68.2 Å². The van der Waals surface area contributed by atoms with Crippen molar-refractivity contribution in [3.05, 3.63) is 71.3 Å². The summed E-state index contributed by atoms with van der Waals surface area (Å²) in [6.45, 7) is 6.70. The van der Waals surface area contributed by atoms with Crippen molar-refractivity contribution < 1.29 is 19.4 Å². The van der Waals surface area contributed by atoms with Crippen LogP contribution in [0.4, 0.5) is 10.1 Å². The molecule has 3 aliphatic rings. The number of phenolic OH excluding ortho intramolecular Hbond substituents is 1. The highest BCUT2D eigenvalue weighted by molar-refractivity contribution is 5.98. The predicted octanol–water partition coefficient (Wildman–Crippen LogP) is 9.28. The summed E-state index contributed by atoms with van der Waals surface area (Å²) in [6, 6.07) is 18.3. The molecule has 0 radical (unpaired) electrons. The van der Waals surface area contributed by atoms with Gasteiger partial charge in [0.15, 0.2) is 0 Å². The highest BCUT2D eigenvalue weighted by Gasteiger charge is 2.59. The molecule has 0 saturated heterocycles. The van der Waals surface area contributed by atoms with Crippen LogP contribution in [-0.4, -0.2) is 34.9 Å². The van der Waals surface area contributed by atoms with Crippen molar-refractivity contribution in [2.45, 2.75) is 116 Å². The molecule has 3 aromatic rings. The molecule has 3 aromatic carbocycles. The molecule has 5 heteroatoms. The van der Waals surface area contributed by atoms with E-state index in [2.05, 4.69) is 50.2 Å². The summed E-state index contributed by atoms with van der Waals surface area (Å²) in [4.78, 5) is 15.1. The van der Waals surface area contributed by atoms with Gasteiger partial charge in [-0.2, -0.15) is 0 Å². The number of fused-ring (bicyclic) bond motifs is 6. The summed E-state index contributed by atoms with van der Waals surface area (Å²) >= 11 is 0. The number of rotatable bonds is 11. The molecule has 242 valence electrons. The van der Waals surface area contributed by atoms with Crippen LogP contribution in [0.5, 0.6) is 5.75 Å². The van der Waals surface area contributed by atoms with Gasteiger partial charge in [-0.3, -0.25) is 4.79 Å². The number of halogens is 1. The summed E-state index contributed by atoms with van der Waals surface area (Å²) in [5.41, 5.74) is 4.10. The number of benzene rings is 3. The standard InChI is InChI=1S/C40H52FNO3/c1-4-5-6-7-15-33-31-14-9-8-12-27(31)16-20-36(33)42(26(2)43)22-11-10-13-28-23-29-24-30(44)17-18-32(29)39-35(41)25-40(3)34(38(28)39)19-21-37(40)45/h8-9,12,14,16-18,20,24,28,34-35,37-39,44-45H,4-7,10-11,13,15,19,21-23,25H2,1-3H3/t28-,34+,35+,37+,38+,39+,40+/m1/s1. The summed E-state index contributed by atoms with van der Waals surface area (Å²) in [5, 5.41) is 23.7. The van der Waals surface area contributed by atoms with Crippen LogP contribution in [0.3, 0.4) is 0 Å². The zero-order valence-corrected chi connectivity index (χ0v) is 27.5. The summed E-state index contributed by atoms with van der Waals surface area (Å²) < 4.78 is 16.2. The second kappa shape index (κ2) is 13.4. The molecule has 6 rings (SSSR count). The molecule has 45 heavy (non-hydrogen) atoms. The minimum absolute atomic E-state index is 0.0745. The lowest BCUT2D eigenvalue weighted by molar-refractivity contribution is -0.116. The van der Waals surface area contributed by atoms with Crippen LogP contribution in [0.15, 0.2) is 54.6 Å². The van der Waals surface area contributed by atoms with Crippen molar-refractivity contribution in [3.8, 4) is 5.75 Å². The molecule has 0 spiro atoms. The number of carbonyl (C=O) groups excluding carboxylic acids is 1.